The van der Waals surface area contributed by atoms with Crippen LogP contribution in [0, 0.1) is 11.3 Å². The Balaban J connectivity index is 1.30. The van der Waals surface area contributed by atoms with Gasteiger partial charge in [0.15, 0.2) is 17.8 Å². The van der Waals surface area contributed by atoms with Gasteiger partial charge in [0.2, 0.25) is 16.8 Å². The average molecular weight is 734 g/mol. The number of alkyl carbamates (subject to hydrolysis) is 2. The zero-order valence-electron chi connectivity index (χ0n) is 29.6. The van der Waals surface area contributed by atoms with E-state index in [1.165, 1.54) is 16.4 Å². The molecule has 0 aliphatic carbocycles. The van der Waals surface area contributed by atoms with Gasteiger partial charge in [-0.15, -0.1) is 0 Å². The molecule has 0 unspecified atom stereocenters. The molecule has 3 aliphatic rings. The van der Waals surface area contributed by atoms with Crippen LogP contribution in [0.5, 0.6) is 11.5 Å². The number of nitrogens with zero attached hydrogens (tertiary/aromatic N) is 1. The molecular formula is C36H51N3O11S. The van der Waals surface area contributed by atoms with Crippen molar-refractivity contribution in [2.24, 2.45) is 11.3 Å². The van der Waals surface area contributed by atoms with Crippen LogP contribution >= 0.6 is 0 Å². The number of aliphatic hydroxyl groups excluding tert-OH is 1. The van der Waals surface area contributed by atoms with E-state index in [2.05, 4.69) is 10.6 Å². The summed E-state index contributed by atoms with van der Waals surface area (Å²) < 4.78 is 62.7. The standard InChI is InChI=1S/C36H51N3O11S/c1-4-45-34(41)37-17-10-6-9-16-36(2,3)23-39(51(43,44)26-13-14-30-31(20-26)49-24-48-30)21-29(40)28(19-25-11-7-5-8-12-25)38-35(42)50-32-22-47-33-27(32)15-18-46-33/h5,7-8,11-14,20,27-29,32-33,40H,4,6,9-10,15-19,21-24H2,1-3H3,(H,37,41)(H,38,42)/t27-,28-,29+,32-,33+/m0/s1. The van der Waals surface area contributed by atoms with Crippen LogP contribution in [-0.2, 0) is 35.4 Å². The summed E-state index contributed by atoms with van der Waals surface area (Å²) in [5, 5.41) is 17.4. The molecule has 2 aromatic carbocycles. The Hall–Kier alpha value is -3.63. The van der Waals surface area contributed by atoms with Gasteiger partial charge >= 0.3 is 12.2 Å². The van der Waals surface area contributed by atoms with Crippen molar-refractivity contribution in [3.8, 4) is 11.5 Å². The average Bonchev–Trinajstić information content (AvgIpc) is 3.85. The van der Waals surface area contributed by atoms with Crippen LogP contribution in [0.15, 0.2) is 53.4 Å². The topological polar surface area (TPSA) is 171 Å². The number of ether oxygens (including phenoxy) is 6. The molecule has 2 aromatic rings. The van der Waals surface area contributed by atoms with E-state index in [1.54, 1.807) is 13.0 Å². The van der Waals surface area contributed by atoms with Gasteiger partial charge in [0.05, 0.1) is 42.8 Å². The van der Waals surface area contributed by atoms with Crippen molar-refractivity contribution in [1.82, 2.24) is 14.9 Å². The van der Waals surface area contributed by atoms with Crippen molar-refractivity contribution in [1.29, 1.82) is 0 Å². The van der Waals surface area contributed by atoms with Gasteiger partial charge in [-0.25, -0.2) is 18.0 Å². The smallest absolute Gasteiger partial charge is 0.407 e. The number of nitrogens with one attached hydrogen (secondary N) is 2. The summed E-state index contributed by atoms with van der Waals surface area (Å²) in [7, 11) is -4.17. The largest absolute Gasteiger partial charge is 0.454 e. The van der Waals surface area contributed by atoms with Crippen LogP contribution in [0.25, 0.3) is 0 Å². The Morgan fingerprint density at radius 3 is 2.61 bits per heavy atom. The number of sulfonamides is 1. The second-order valence-corrected chi connectivity index (χ2v) is 15.8. The predicted molar refractivity (Wildman–Crippen MR) is 186 cm³/mol. The van der Waals surface area contributed by atoms with E-state index in [0.29, 0.717) is 44.1 Å². The summed E-state index contributed by atoms with van der Waals surface area (Å²) in [4.78, 5) is 24.8. The fraction of sp³-hybridized carbons (Fsp3) is 0.611. The maximum absolute atomic E-state index is 14.3. The number of carbonyl (C=O) groups is 2. The summed E-state index contributed by atoms with van der Waals surface area (Å²) in [5.41, 5.74) is 0.347. The Morgan fingerprint density at radius 1 is 1.04 bits per heavy atom. The lowest BCUT2D eigenvalue weighted by atomic mass is 9.86. The summed E-state index contributed by atoms with van der Waals surface area (Å²) in [6, 6.07) is 12.9. The lowest BCUT2D eigenvalue weighted by Crippen LogP contribution is -2.52. The molecule has 5 atom stereocenters. The van der Waals surface area contributed by atoms with Gasteiger partial charge in [-0.1, -0.05) is 57.0 Å². The lowest BCUT2D eigenvalue weighted by molar-refractivity contribution is -0.0907. The van der Waals surface area contributed by atoms with E-state index < -0.39 is 52.2 Å². The quantitative estimate of drug-likeness (QED) is 0.188. The summed E-state index contributed by atoms with van der Waals surface area (Å²) in [6.45, 7) is 7.04. The third kappa shape index (κ3) is 10.7. The Labute approximate surface area is 300 Å². The Morgan fingerprint density at radius 2 is 1.82 bits per heavy atom. The Kier molecular flexibility index (Phi) is 13.4. The van der Waals surface area contributed by atoms with E-state index >= 15 is 0 Å². The first-order chi connectivity index (χ1) is 24.4. The minimum Gasteiger partial charge on any atom is -0.454 e. The summed E-state index contributed by atoms with van der Waals surface area (Å²) in [5.74, 6) is 0.711. The molecule has 3 heterocycles. The van der Waals surface area contributed by atoms with E-state index in [1.807, 2.05) is 44.2 Å². The monoisotopic (exact) mass is 733 g/mol. The SMILES string of the molecule is CCOC(=O)NCCCCCC(C)(C)CN(C[C@@H](O)[C@H](Cc1ccccc1)NC(=O)O[C@H]1CO[C@H]2OCC[C@H]21)S(=O)(=O)c1ccc2c(c1)OCO2. The van der Waals surface area contributed by atoms with Gasteiger partial charge < -0.3 is 44.2 Å². The van der Waals surface area contributed by atoms with Crippen LogP contribution < -0.4 is 20.1 Å². The fourth-order valence-corrected chi connectivity index (χ4v) is 8.29. The fourth-order valence-electron chi connectivity index (χ4n) is 6.63. The minimum atomic E-state index is -4.17. The first-order valence-corrected chi connectivity index (χ1v) is 19.1. The molecule has 2 amide bonds. The highest BCUT2D eigenvalue weighted by Gasteiger charge is 2.44. The van der Waals surface area contributed by atoms with E-state index in [0.717, 1.165) is 24.8 Å². The van der Waals surface area contributed by atoms with Gasteiger partial charge in [0.1, 0.15) is 6.10 Å². The number of aliphatic hydroxyl groups is 1. The Bertz CT molecular complexity index is 1560. The maximum Gasteiger partial charge on any atom is 0.407 e. The molecule has 3 aliphatic heterocycles. The van der Waals surface area contributed by atoms with Crippen LogP contribution in [-0.4, -0.2) is 101 Å². The zero-order chi connectivity index (χ0) is 36.4. The molecule has 282 valence electrons. The van der Waals surface area contributed by atoms with Gasteiger partial charge in [0.25, 0.3) is 0 Å². The molecule has 51 heavy (non-hydrogen) atoms. The van der Waals surface area contributed by atoms with Crippen molar-refractivity contribution >= 4 is 22.2 Å². The number of hydrogen-bond acceptors (Lipinski definition) is 11. The van der Waals surface area contributed by atoms with Crippen molar-refractivity contribution in [2.75, 3.05) is 46.2 Å². The first-order valence-electron chi connectivity index (χ1n) is 17.7. The summed E-state index contributed by atoms with van der Waals surface area (Å²) in [6.07, 6.45) is 0.620. The number of fused-ring (bicyclic) bond motifs is 2. The number of unbranched alkanes of at least 4 members (excludes halogenated alkanes) is 2. The molecule has 2 saturated heterocycles. The van der Waals surface area contributed by atoms with Gasteiger partial charge in [-0.2, -0.15) is 4.31 Å². The third-order valence-electron chi connectivity index (χ3n) is 9.36. The number of rotatable bonds is 18. The van der Waals surface area contributed by atoms with Crippen molar-refractivity contribution in [3.05, 3.63) is 54.1 Å². The van der Waals surface area contributed by atoms with Crippen molar-refractivity contribution < 1.29 is 51.5 Å². The number of amides is 2. The predicted octanol–water partition coefficient (Wildman–Crippen LogP) is 4.20. The van der Waals surface area contributed by atoms with Gasteiger partial charge in [-0.05, 0) is 55.7 Å². The van der Waals surface area contributed by atoms with Crippen molar-refractivity contribution in [2.45, 2.75) is 88.7 Å². The molecule has 0 aromatic heterocycles. The molecular weight excluding hydrogens is 682 g/mol. The van der Waals surface area contributed by atoms with E-state index in [9.17, 15) is 23.1 Å². The summed E-state index contributed by atoms with van der Waals surface area (Å²) >= 11 is 0. The molecule has 0 radical (unpaired) electrons. The zero-order valence-corrected chi connectivity index (χ0v) is 30.4. The normalized spacial score (nSPS) is 20.8. The molecule has 0 bridgehead atoms. The molecule has 0 saturated carbocycles. The molecule has 3 N–H and O–H groups in total. The van der Waals surface area contributed by atoms with E-state index in [-0.39, 0.29) is 43.7 Å². The van der Waals surface area contributed by atoms with Crippen molar-refractivity contribution in [3.63, 3.8) is 0 Å². The third-order valence-corrected chi connectivity index (χ3v) is 11.2. The number of benzene rings is 2. The number of hydrogen-bond donors (Lipinski definition) is 3. The molecule has 14 nitrogen and oxygen atoms in total. The highest BCUT2D eigenvalue weighted by molar-refractivity contribution is 7.89. The first kappa shape index (κ1) is 38.6. The van der Waals surface area contributed by atoms with Crippen LogP contribution in [0.4, 0.5) is 9.59 Å². The molecule has 0 spiro atoms. The molecule has 15 heteroatoms. The van der Waals surface area contributed by atoms with Crippen LogP contribution in [0.2, 0.25) is 0 Å². The van der Waals surface area contributed by atoms with Gasteiger partial charge in [-0.3, -0.25) is 0 Å². The highest BCUT2D eigenvalue weighted by Crippen LogP contribution is 2.36. The van der Waals surface area contributed by atoms with Gasteiger partial charge in [0, 0.05) is 25.7 Å². The second kappa shape index (κ2) is 17.7. The second-order valence-electron chi connectivity index (χ2n) is 13.9. The lowest BCUT2D eigenvalue weighted by Gasteiger charge is -2.35. The maximum atomic E-state index is 14.3. The van der Waals surface area contributed by atoms with Crippen LogP contribution in [0.1, 0.15) is 58.4 Å². The van der Waals surface area contributed by atoms with Crippen LogP contribution in [0.3, 0.4) is 0 Å². The highest BCUT2D eigenvalue weighted by atomic mass is 32.2. The van der Waals surface area contributed by atoms with E-state index in [4.69, 9.17) is 28.4 Å². The molecule has 2 fully saturated rings. The minimum absolute atomic E-state index is 0.00124. The molecule has 5 rings (SSSR count). The number of carbonyl (C=O) groups excluding carboxylic acids is 2.